The Bertz CT molecular complexity index is 1670. The molecule has 0 saturated carbocycles. The molecule has 0 fully saturated rings. The largest absolute Gasteiger partial charge is 0.397 e. The van der Waals surface area contributed by atoms with E-state index in [2.05, 4.69) is 95.3 Å². The maximum absolute atomic E-state index is 6.45. The van der Waals surface area contributed by atoms with Crippen molar-refractivity contribution < 1.29 is 50.5 Å². The molecule has 0 saturated heterocycles. The van der Waals surface area contributed by atoms with Gasteiger partial charge in [-0.25, -0.2) is 9.97 Å². The van der Waals surface area contributed by atoms with Crippen LogP contribution in [0.15, 0.2) is 61.2 Å². The van der Waals surface area contributed by atoms with E-state index in [-0.39, 0.29) is 0 Å². The first-order valence-corrected chi connectivity index (χ1v) is 12.6. The van der Waals surface area contributed by atoms with Gasteiger partial charge in [0.1, 0.15) is 0 Å². The Morgan fingerprint density at radius 3 is 2.58 bits per heavy atom. The molecule has 38 heavy (non-hydrogen) atoms. The Balaban J connectivity index is -0.0000000793. The Hall–Kier alpha value is -4.37. The standard InChI is InChI=1S/C29H35N9.17H2/c1-19-13-28(36(4)12-11-35(2)3)24(30)15-26(19)34-29-31-10-9-25(33-29)23-18-37(5)27-14-20(7-8-22(23)27)21-16-32-38(6)17-21;;;;;;;;;;;;;;;;;/h7-10,13-18H,11-12,30H2,1-6H3,(H,31,33,34);17*1H/i;17*1+2T. The number of rotatable bonds is 8. The van der Waals surface area contributed by atoms with E-state index in [0.29, 0.717) is 11.6 Å². The molecule has 9 nitrogen and oxygen atoms in total. The minimum absolute atomic E-state index is 0.530. The molecule has 9 heteroatoms. The van der Waals surface area contributed by atoms with Crippen LogP contribution in [0.4, 0.5) is 23.0 Å². The molecule has 0 spiro atoms. The third-order valence-corrected chi connectivity index (χ3v) is 6.87. The summed E-state index contributed by atoms with van der Waals surface area (Å²) in [6.45, 7) is 3.91. The van der Waals surface area contributed by atoms with Crippen LogP contribution < -0.4 is 16.0 Å². The van der Waals surface area contributed by atoms with Crippen molar-refractivity contribution in [1.29, 1.82) is 0 Å². The van der Waals surface area contributed by atoms with E-state index in [1.54, 1.807) is 6.20 Å². The monoisotopic (exact) mass is 612 g/mol. The lowest BCUT2D eigenvalue weighted by Crippen LogP contribution is -2.29. The predicted octanol–water partition coefficient (Wildman–Crippen LogP) is 8.85. The second-order valence-electron chi connectivity index (χ2n) is 10.1. The molecule has 0 atom stereocenters. The summed E-state index contributed by atoms with van der Waals surface area (Å²) < 4.78 is 174. The zero-order valence-corrected chi connectivity index (χ0v) is 22.9. The van der Waals surface area contributed by atoms with Gasteiger partial charge in [-0.15, -0.1) is 0 Å². The number of likely N-dealkylation sites (N-methyl/N-ethyl adjacent to an activating group) is 2. The number of aromatic nitrogens is 5. The van der Waals surface area contributed by atoms with Gasteiger partial charge in [-0.05, 0) is 56.4 Å². The molecule has 0 unspecified atom stereocenters. The highest BCUT2D eigenvalue weighted by Crippen LogP contribution is 2.34. The first-order chi connectivity index (χ1) is 35.2. The average molecular weight is 612 g/mol. The number of anilines is 4. The van der Waals surface area contributed by atoms with E-state index < -0.39 is 0 Å². The SMILES string of the molecule is Cc1cc(N(C)CCN(C)C)c(N)cc1Nc1nccc(-c2cn(C)c3cc(-c4cnn(C)c4)ccc23)n1.[3H][3H].[3H][3H].[3H][3H].[3H][3H].[3H][3H].[3H][3H].[3H][3H].[3H][3H].[3H][3H].[3H][3H].[3H][3H].[3H][3H].[3H][3H].[3H][3H].[3H][3H].[3H][3H].[3H][3H]. The van der Waals surface area contributed by atoms with Crippen molar-refractivity contribution in [2.24, 2.45) is 14.1 Å². The summed E-state index contributed by atoms with van der Waals surface area (Å²) >= 11 is 0. The van der Waals surface area contributed by atoms with Crippen molar-refractivity contribution in [3.63, 3.8) is 0 Å². The highest BCUT2D eigenvalue weighted by atomic mass is 15.2. The molecule has 5 rings (SSSR count). The predicted molar refractivity (Wildman–Crippen MR) is 193 cm³/mol. The summed E-state index contributed by atoms with van der Waals surface area (Å²) in [5.74, 6) is 0.530. The number of nitrogens with zero attached hydrogens (tertiary/aromatic N) is 7. The highest BCUT2D eigenvalue weighted by molar-refractivity contribution is 5.97. The van der Waals surface area contributed by atoms with Gasteiger partial charge in [-0.1, -0.05) is 12.1 Å². The number of nitrogen functional groups attached to an aromatic ring is 1. The quantitative estimate of drug-likeness (QED) is 0.169. The molecule has 0 aliphatic heterocycles. The van der Waals surface area contributed by atoms with Gasteiger partial charge in [0, 0.05) is 131 Å². The summed E-state index contributed by atoms with van der Waals surface area (Å²) in [7, 11) is 10.2. The van der Waals surface area contributed by atoms with Crippen LogP contribution in [0.1, 0.15) is 56.0 Å². The molecule has 0 aliphatic carbocycles. The van der Waals surface area contributed by atoms with E-state index in [4.69, 9.17) is 61.2 Å². The molecule has 0 bridgehead atoms. The van der Waals surface area contributed by atoms with Gasteiger partial charge in [-0.3, -0.25) is 4.68 Å². The van der Waals surface area contributed by atoms with Crippen LogP contribution in [0.25, 0.3) is 33.3 Å². The number of hydrogen-bond acceptors (Lipinski definition) is 7. The molecular weight excluding hydrogens is 474 g/mol. The zero-order valence-electron chi connectivity index (χ0n) is 56.9. The van der Waals surface area contributed by atoms with Crippen molar-refractivity contribution >= 4 is 33.9 Å². The fourth-order valence-corrected chi connectivity index (χ4v) is 4.67. The second-order valence-corrected chi connectivity index (χ2v) is 10.1. The Morgan fingerprint density at radius 2 is 1.84 bits per heavy atom. The van der Waals surface area contributed by atoms with E-state index in [1.807, 2.05) is 36.3 Å². The minimum Gasteiger partial charge on any atom is -0.397 e. The van der Waals surface area contributed by atoms with Gasteiger partial charge >= 0.3 is 0 Å². The van der Waals surface area contributed by atoms with Crippen molar-refractivity contribution in [2.75, 3.05) is 50.2 Å². The third-order valence-electron chi connectivity index (χ3n) is 6.87. The van der Waals surface area contributed by atoms with Crippen molar-refractivity contribution in [3.05, 3.63) is 66.7 Å². The van der Waals surface area contributed by atoms with Gasteiger partial charge in [0.25, 0.3) is 0 Å². The van der Waals surface area contributed by atoms with Crippen LogP contribution in [0.2, 0.25) is 0 Å². The topological polar surface area (TPSA) is 93.1 Å². The first-order valence-electron chi connectivity index (χ1n) is 29.6. The van der Waals surface area contributed by atoms with Gasteiger partial charge < -0.3 is 25.4 Å². The zero-order chi connectivity index (χ0) is 61.0. The number of hydrogen-bond donors (Lipinski definition) is 2. The van der Waals surface area contributed by atoms with Gasteiger partial charge in [0.15, 0.2) is 0 Å². The smallest absolute Gasteiger partial charge is 0.227 e. The van der Waals surface area contributed by atoms with E-state index in [9.17, 15) is 0 Å². The lowest BCUT2D eigenvalue weighted by atomic mass is 10.0. The molecule has 0 aliphatic rings. The number of nitrogens with two attached hydrogens (primary N) is 1. The van der Waals surface area contributed by atoms with Crippen molar-refractivity contribution in [1.82, 2.24) is 29.2 Å². The summed E-state index contributed by atoms with van der Waals surface area (Å²) in [6, 6.07) is 12.5. The van der Waals surface area contributed by atoms with Crippen LogP contribution in [-0.2, 0) is 14.1 Å². The fourth-order valence-electron chi connectivity index (χ4n) is 4.67. The van der Waals surface area contributed by atoms with Crippen molar-refractivity contribution in [3.8, 4) is 22.4 Å². The number of aryl methyl sites for hydroxylation is 3. The highest BCUT2D eigenvalue weighted by Gasteiger charge is 2.14. The summed E-state index contributed by atoms with van der Waals surface area (Å²) in [6.07, 6.45) is 7.81. The lowest BCUT2D eigenvalue weighted by Gasteiger charge is -2.24. The van der Waals surface area contributed by atoms with Crippen LogP contribution in [-0.4, -0.2) is 63.4 Å². The van der Waals surface area contributed by atoms with Crippen molar-refractivity contribution in [2.45, 2.75) is 6.92 Å². The summed E-state index contributed by atoms with van der Waals surface area (Å²) in [4.78, 5) is 13.7. The van der Waals surface area contributed by atoms with E-state index >= 15 is 0 Å². The van der Waals surface area contributed by atoms with Crippen LogP contribution >= 0.6 is 0 Å². The molecule has 230 valence electrons. The fraction of sp³-hybridized carbons (Fsp3) is 0.276. The Morgan fingerprint density at radius 1 is 1.03 bits per heavy atom. The van der Waals surface area contributed by atoms with Gasteiger partial charge in [0.05, 0.1) is 23.3 Å². The van der Waals surface area contributed by atoms with Crippen LogP contribution in [0.5, 0.6) is 0 Å². The molecule has 3 N–H and O–H groups in total. The first kappa shape index (κ1) is 12.0. The Labute approximate surface area is 276 Å². The minimum atomic E-state index is 0.530. The maximum Gasteiger partial charge on any atom is 0.227 e. The summed E-state index contributed by atoms with van der Waals surface area (Å²) in [5, 5.41) is 8.82. The number of fused-ring (bicyclic) bond motifs is 1. The molecular formula is C29H69N9. The molecule has 0 radical (unpaired) electrons. The lowest BCUT2D eigenvalue weighted by molar-refractivity contribution is 0.416. The molecule has 3 heterocycles. The number of benzene rings is 2. The summed E-state index contributed by atoms with van der Waals surface area (Å²) in [5.41, 5.74) is 15.4. The normalized spacial score (nSPS) is 15.0. The second kappa shape index (κ2) is 10.2. The van der Waals surface area contributed by atoms with Gasteiger partial charge in [-0.2, -0.15) is 5.10 Å². The molecule has 0 amide bonds. The van der Waals surface area contributed by atoms with E-state index in [0.717, 1.165) is 63.3 Å². The van der Waals surface area contributed by atoms with Crippen LogP contribution in [0.3, 0.4) is 0 Å². The third kappa shape index (κ3) is 5.05. The number of nitrogens with one attached hydrogen (secondary N) is 1. The molecule has 2 aromatic carbocycles. The molecule has 5 aromatic rings. The van der Waals surface area contributed by atoms with E-state index in [1.165, 1.54) is 0 Å². The van der Waals surface area contributed by atoms with Crippen LogP contribution in [0, 0.1) is 6.92 Å². The average Bonchev–Trinajstić information content (AvgIpc) is 4.09. The molecule has 3 aromatic heterocycles. The maximum atomic E-state index is 6.45. The Kier molecular flexibility index (Phi) is 3.21. The van der Waals surface area contributed by atoms with Gasteiger partial charge in [0.2, 0.25) is 5.95 Å².